The molecule has 0 amide bonds. The highest BCUT2D eigenvalue weighted by atomic mass is 32.1. The first-order valence-electron chi connectivity index (χ1n) is 5.37. The Morgan fingerprint density at radius 3 is 2.81 bits per heavy atom. The van der Waals surface area contributed by atoms with E-state index in [1.165, 1.54) is 21.6 Å². The van der Waals surface area contributed by atoms with Crippen molar-refractivity contribution in [3.05, 3.63) is 51.5 Å². The van der Waals surface area contributed by atoms with Gasteiger partial charge in [-0.2, -0.15) is 0 Å². The van der Waals surface area contributed by atoms with E-state index in [-0.39, 0.29) is 6.04 Å². The van der Waals surface area contributed by atoms with Crippen molar-refractivity contribution in [3.63, 3.8) is 0 Å². The lowest BCUT2D eigenvalue weighted by molar-refractivity contribution is 0.723. The topological polar surface area (TPSA) is 38.9 Å². The molecule has 1 heterocycles. The maximum Gasteiger partial charge on any atom is 0.0794 e. The van der Waals surface area contributed by atoms with Gasteiger partial charge >= 0.3 is 0 Å². The Morgan fingerprint density at radius 2 is 2.19 bits per heavy atom. The number of aromatic nitrogens is 1. The lowest BCUT2D eigenvalue weighted by atomic mass is 9.97. The molecule has 0 aliphatic rings. The predicted molar refractivity (Wildman–Crippen MR) is 68.7 cm³/mol. The first-order chi connectivity index (χ1) is 7.66. The second kappa shape index (κ2) is 4.76. The van der Waals surface area contributed by atoms with Crippen LogP contribution in [0.15, 0.2) is 29.9 Å². The largest absolute Gasteiger partial charge is 0.324 e. The fourth-order valence-electron chi connectivity index (χ4n) is 1.91. The van der Waals surface area contributed by atoms with Crippen molar-refractivity contribution in [2.75, 3.05) is 0 Å². The molecule has 0 spiro atoms. The van der Waals surface area contributed by atoms with Crippen LogP contribution < -0.4 is 5.73 Å². The summed E-state index contributed by atoms with van der Waals surface area (Å²) in [6, 6.07) is 6.51. The summed E-state index contributed by atoms with van der Waals surface area (Å²) in [5.74, 6) is 0. The molecule has 2 N–H and O–H groups in total. The minimum absolute atomic E-state index is 0.0704. The lowest BCUT2D eigenvalue weighted by Crippen LogP contribution is -2.14. The van der Waals surface area contributed by atoms with Crippen molar-refractivity contribution in [1.82, 2.24) is 4.98 Å². The molecule has 1 aromatic carbocycles. The van der Waals surface area contributed by atoms with Gasteiger partial charge in [-0.25, -0.2) is 0 Å². The molecule has 2 rings (SSSR count). The Labute approximate surface area is 100 Å². The van der Waals surface area contributed by atoms with Crippen LogP contribution in [0.3, 0.4) is 0 Å². The van der Waals surface area contributed by atoms with Crippen LogP contribution in [-0.2, 0) is 6.42 Å². The van der Waals surface area contributed by atoms with Crippen molar-refractivity contribution in [3.8, 4) is 0 Å². The molecule has 0 radical (unpaired) electrons. The molecule has 1 aromatic heterocycles. The van der Waals surface area contributed by atoms with Crippen LogP contribution in [0.2, 0.25) is 0 Å². The normalized spacial score (nSPS) is 12.7. The van der Waals surface area contributed by atoms with Crippen molar-refractivity contribution in [1.29, 1.82) is 0 Å². The van der Waals surface area contributed by atoms with Crippen molar-refractivity contribution >= 4 is 11.3 Å². The Bertz CT molecular complexity index is 463. The average Bonchev–Trinajstić information content (AvgIpc) is 2.70. The fourth-order valence-corrected chi connectivity index (χ4v) is 2.57. The standard InChI is InChI=1S/C13H16N2S/c1-9-3-4-12(10(2)5-9)13(14)6-11-7-15-8-16-11/h3-5,7-8,13H,6,14H2,1-2H3. The summed E-state index contributed by atoms with van der Waals surface area (Å²) in [6.45, 7) is 4.22. The SMILES string of the molecule is Cc1ccc(C(N)Cc2cncs2)c(C)c1. The van der Waals surface area contributed by atoms with E-state index in [4.69, 9.17) is 5.73 Å². The van der Waals surface area contributed by atoms with E-state index in [1.54, 1.807) is 11.3 Å². The summed E-state index contributed by atoms with van der Waals surface area (Å²) < 4.78 is 0. The maximum absolute atomic E-state index is 6.22. The minimum atomic E-state index is 0.0704. The minimum Gasteiger partial charge on any atom is -0.324 e. The van der Waals surface area contributed by atoms with Gasteiger partial charge in [-0.1, -0.05) is 23.8 Å². The monoisotopic (exact) mass is 232 g/mol. The van der Waals surface area contributed by atoms with E-state index in [2.05, 4.69) is 37.0 Å². The first-order valence-corrected chi connectivity index (χ1v) is 6.25. The molecule has 0 aliphatic carbocycles. The van der Waals surface area contributed by atoms with Gasteiger partial charge in [-0.05, 0) is 25.0 Å². The summed E-state index contributed by atoms with van der Waals surface area (Å²) in [5, 5.41) is 0. The van der Waals surface area contributed by atoms with Crippen LogP contribution in [0.25, 0.3) is 0 Å². The van der Waals surface area contributed by atoms with Gasteiger partial charge in [0.15, 0.2) is 0 Å². The maximum atomic E-state index is 6.22. The van der Waals surface area contributed by atoms with E-state index in [0.717, 1.165) is 6.42 Å². The number of benzene rings is 1. The zero-order valence-electron chi connectivity index (χ0n) is 9.60. The van der Waals surface area contributed by atoms with Gasteiger partial charge in [-0.3, -0.25) is 4.98 Å². The van der Waals surface area contributed by atoms with E-state index >= 15 is 0 Å². The van der Waals surface area contributed by atoms with Gasteiger partial charge in [-0.15, -0.1) is 11.3 Å². The van der Waals surface area contributed by atoms with Crippen LogP contribution in [0.5, 0.6) is 0 Å². The van der Waals surface area contributed by atoms with Gasteiger partial charge in [0.2, 0.25) is 0 Å². The highest BCUT2D eigenvalue weighted by molar-refractivity contribution is 7.09. The van der Waals surface area contributed by atoms with E-state index in [1.807, 2.05) is 11.7 Å². The molecular weight excluding hydrogens is 216 g/mol. The molecule has 1 atom stereocenters. The number of hydrogen-bond donors (Lipinski definition) is 1. The zero-order chi connectivity index (χ0) is 11.5. The molecule has 84 valence electrons. The van der Waals surface area contributed by atoms with Gasteiger partial charge in [0.05, 0.1) is 5.51 Å². The Kier molecular flexibility index (Phi) is 3.36. The Balaban J connectivity index is 2.17. The van der Waals surface area contributed by atoms with E-state index in [0.29, 0.717) is 0 Å². The molecule has 2 aromatic rings. The van der Waals surface area contributed by atoms with Gasteiger partial charge in [0.1, 0.15) is 0 Å². The van der Waals surface area contributed by atoms with Crippen molar-refractivity contribution in [2.45, 2.75) is 26.3 Å². The summed E-state index contributed by atoms with van der Waals surface area (Å²) in [4.78, 5) is 5.31. The third-order valence-corrected chi connectivity index (χ3v) is 3.53. The van der Waals surface area contributed by atoms with Gasteiger partial charge in [0.25, 0.3) is 0 Å². The van der Waals surface area contributed by atoms with Crippen LogP contribution in [0, 0.1) is 13.8 Å². The third kappa shape index (κ3) is 2.49. The van der Waals surface area contributed by atoms with Crippen LogP contribution in [0.1, 0.15) is 27.6 Å². The smallest absolute Gasteiger partial charge is 0.0794 e. The summed E-state index contributed by atoms with van der Waals surface area (Å²) in [7, 11) is 0. The molecule has 3 heteroatoms. The highest BCUT2D eigenvalue weighted by Crippen LogP contribution is 2.21. The number of nitrogens with zero attached hydrogens (tertiary/aromatic N) is 1. The summed E-state index contributed by atoms with van der Waals surface area (Å²) in [6.07, 6.45) is 2.77. The Hall–Kier alpha value is -1.19. The van der Waals surface area contributed by atoms with Crippen LogP contribution >= 0.6 is 11.3 Å². The molecule has 0 saturated heterocycles. The summed E-state index contributed by atoms with van der Waals surface area (Å²) in [5.41, 5.74) is 11.9. The number of thiazole rings is 1. The number of nitrogens with two attached hydrogens (primary N) is 1. The molecule has 0 fully saturated rings. The highest BCUT2D eigenvalue weighted by Gasteiger charge is 2.10. The van der Waals surface area contributed by atoms with Gasteiger partial charge < -0.3 is 5.73 Å². The molecule has 1 unspecified atom stereocenters. The molecule has 16 heavy (non-hydrogen) atoms. The van der Waals surface area contributed by atoms with Gasteiger partial charge in [0, 0.05) is 23.5 Å². The second-order valence-electron chi connectivity index (χ2n) is 4.14. The molecular formula is C13H16N2S. The quantitative estimate of drug-likeness (QED) is 0.883. The number of hydrogen-bond acceptors (Lipinski definition) is 3. The molecule has 0 saturated carbocycles. The number of rotatable bonds is 3. The average molecular weight is 232 g/mol. The van der Waals surface area contributed by atoms with Crippen molar-refractivity contribution in [2.24, 2.45) is 5.73 Å². The molecule has 0 bridgehead atoms. The Morgan fingerprint density at radius 1 is 1.38 bits per heavy atom. The third-order valence-electron chi connectivity index (χ3n) is 2.73. The fraction of sp³-hybridized carbons (Fsp3) is 0.308. The molecule has 2 nitrogen and oxygen atoms in total. The molecule has 0 aliphatic heterocycles. The van der Waals surface area contributed by atoms with E-state index < -0.39 is 0 Å². The lowest BCUT2D eigenvalue weighted by Gasteiger charge is -2.14. The number of aryl methyl sites for hydroxylation is 2. The first kappa shape index (κ1) is 11.3. The van der Waals surface area contributed by atoms with Crippen molar-refractivity contribution < 1.29 is 0 Å². The van der Waals surface area contributed by atoms with Crippen LogP contribution in [-0.4, -0.2) is 4.98 Å². The predicted octanol–water partition coefficient (Wildman–Crippen LogP) is 3.00. The van der Waals surface area contributed by atoms with Crippen LogP contribution in [0.4, 0.5) is 0 Å². The second-order valence-corrected chi connectivity index (χ2v) is 5.11. The van der Waals surface area contributed by atoms with E-state index in [9.17, 15) is 0 Å². The zero-order valence-corrected chi connectivity index (χ0v) is 10.4. The summed E-state index contributed by atoms with van der Waals surface area (Å²) >= 11 is 1.66.